The Morgan fingerprint density at radius 2 is 2.00 bits per heavy atom. The molecule has 2 amide bonds. The van der Waals surface area contributed by atoms with Gasteiger partial charge in [0.2, 0.25) is 11.0 Å². The zero-order valence-corrected chi connectivity index (χ0v) is 15.9. The van der Waals surface area contributed by atoms with E-state index in [9.17, 15) is 9.59 Å². The Labute approximate surface area is 164 Å². The van der Waals surface area contributed by atoms with Gasteiger partial charge in [0.25, 0.3) is 5.91 Å². The van der Waals surface area contributed by atoms with Crippen LogP contribution in [0.5, 0.6) is 0 Å². The molecule has 27 heavy (non-hydrogen) atoms. The minimum atomic E-state index is -0.274. The van der Waals surface area contributed by atoms with Gasteiger partial charge in [0.05, 0.1) is 5.69 Å². The fraction of sp³-hybridized carbons (Fsp3) is 0.158. The molecule has 0 saturated heterocycles. The number of anilines is 2. The first-order valence-electron chi connectivity index (χ1n) is 8.42. The Balaban J connectivity index is 1.46. The van der Waals surface area contributed by atoms with Crippen LogP contribution >= 0.6 is 23.1 Å². The van der Waals surface area contributed by atoms with Crippen LogP contribution in [0, 0.1) is 0 Å². The molecule has 8 heteroatoms. The van der Waals surface area contributed by atoms with E-state index >= 15 is 0 Å². The van der Waals surface area contributed by atoms with Crippen molar-refractivity contribution in [1.29, 1.82) is 0 Å². The fourth-order valence-corrected chi connectivity index (χ4v) is 4.38. The van der Waals surface area contributed by atoms with Gasteiger partial charge in [0.15, 0.2) is 0 Å². The molecule has 0 spiro atoms. The van der Waals surface area contributed by atoms with E-state index in [-0.39, 0.29) is 11.8 Å². The van der Waals surface area contributed by atoms with Crippen LogP contribution in [-0.4, -0.2) is 27.8 Å². The first-order valence-corrected chi connectivity index (χ1v) is 10.2. The molecule has 2 heterocycles. The number of rotatable bonds is 4. The summed E-state index contributed by atoms with van der Waals surface area (Å²) in [5.74, 6) is 0.427. The molecule has 0 fully saturated rings. The number of fused-ring (bicyclic) bond motifs is 1. The van der Waals surface area contributed by atoms with Crippen LogP contribution < -0.4 is 10.6 Å². The quantitative estimate of drug-likeness (QED) is 0.700. The zero-order chi connectivity index (χ0) is 18.6. The van der Waals surface area contributed by atoms with Gasteiger partial charge < -0.3 is 5.32 Å². The predicted molar refractivity (Wildman–Crippen MR) is 108 cm³/mol. The minimum Gasteiger partial charge on any atom is -0.325 e. The number of nitrogens with one attached hydrogen (secondary N) is 2. The number of amides is 2. The Morgan fingerprint density at radius 1 is 1.15 bits per heavy atom. The minimum absolute atomic E-state index is 0.0338. The van der Waals surface area contributed by atoms with Crippen molar-refractivity contribution in [3.05, 3.63) is 64.7 Å². The fourth-order valence-electron chi connectivity index (χ4n) is 2.68. The second kappa shape index (κ2) is 7.89. The van der Waals surface area contributed by atoms with E-state index in [1.807, 2.05) is 36.4 Å². The maximum absolute atomic E-state index is 12.5. The predicted octanol–water partition coefficient (Wildman–Crippen LogP) is 3.82. The van der Waals surface area contributed by atoms with Crippen molar-refractivity contribution in [2.75, 3.05) is 16.4 Å². The molecule has 0 unspecified atom stereocenters. The maximum Gasteiger partial charge on any atom is 0.257 e. The molecule has 3 aromatic rings. The lowest BCUT2D eigenvalue weighted by Crippen LogP contribution is -2.14. The van der Waals surface area contributed by atoms with Crippen molar-refractivity contribution in [3.8, 4) is 0 Å². The molecule has 0 radical (unpaired) electrons. The number of thioether (sulfide) groups is 1. The summed E-state index contributed by atoms with van der Waals surface area (Å²) in [5.41, 5.74) is 2.29. The van der Waals surface area contributed by atoms with Gasteiger partial charge in [-0.25, -0.2) is 0 Å². The third-order valence-electron chi connectivity index (χ3n) is 3.99. The summed E-state index contributed by atoms with van der Waals surface area (Å²) in [6.07, 6.45) is 1.15. The lowest BCUT2D eigenvalue weighted by molar-refractivity contribution is -0.115. The van der Waals surface area contributed by atoms with Gasteiger partial charge in [-0.2, -0.15) is 0 Å². The van der Waals surface area contributed by atoms with Crippen LogP contribution in [0.4, 0.5) is 10.8 Å². The molecule has 2 N–H and O–H groups in total. The molecule has 1 aliphatic heterocycles. The smallest absolute Gasteiger partial charge is 0.257 e. The number of benzene rings is 2. The molecule has 2 aromatic carbocycles. The summed E-state index contributed by atoms with van der Waals surface area (Å²) >= 11 is 2.96. The van der Waals surface area contributed by atoms with Crippen LogP contribution in [0.3, 0.4) is 0 Å². The Morgan fingerprint density at radius 3 is 2.85 bits per heavy atom. The molecule has 0 atom stereocenters. The molecular weight excluding hydrogens is 380 g/mol. The summed E-state index contributed by atoms with van der Waals surface area (Å²) in [6.45, 7) is 0. The molecule has 1 aromatic heterocycles. The first kappa shape index (κ1) is 17.7. The van der Waals surface area contributed by atoms with Crippen LogP contribution in [0.1, 0.15) is 27.3 Å². The molecule has 4 rings (SSSR count). The van der Waals surface area contributed by atoms with E-state index < -0.39 is 0 Å². The number of hydrogen-bond donors (Lipinski definition) is 2. The van der Waals surface area contributed by atoms with Crippen molar-refractivity contribution in [2.24, 2.45) is 0 Å². The highest BCUT2D eigenvalue weighted by molar-refractivity contribution is 7.99. The summed E-state index contributed by atoms with van der Waals surface area (Å²) in [7, 11) is 0. The third-order valence-corrected chi connectivity index (χ3v) is 5.90. The highest BCUT2D eigenvalue weighted by Crippen LogP contribution is 2.31. The Kier molecular flexibility index (Phi) is 5.17. The number of aromatic nitrogens is 2. The van der Waals surface area contributed by atoms with Gasteiger partial charge in [-0.15, -0.1) is 22.0 Å². The number of carbonyl (C=O) groups is 2. The SMILES string of the molecule is O=C1CCSc2ccc(C(=O)Nc3nnc(Cc4ccccc4)s3)cc2N1. The molecule has 136 valence electrons. The van der Waals surface area contributed by atoms with Gasteiger partial charge in [0, 0.05) is 29.1 Å². The highest BCUT2D eigenvalue weighted by Gasteiger charge is 2.17. The van der Waals surface area contributed by atoms with E-state index in [1.165, 1.54) is 11.3 Å². The number of nitrogens with zero attached hydrogens (tertiary/aromatic N) is 2. The number of hydrogen-bond acceptors (Lipinski definition) is 6. The van der Waals surface area contributed by atoms with Crippen molar-refractivity contribution in [3.63, 3.8) is 0 Å². The van der Waals surface area contributed by atoms with Crippen molar-refractivity contribution < 1.29 is 9.59 Å². The molecule has 6 nitrogen and oxygen atoms in total. The van der Waals surface area contributed by atoms with Gasteiger partial charge >= 0.3 is 0 Å². The van der Waals surface area contributed by atoms with Gasteiger partial charge in [-0.1, -0.05) is 41.7 Å². The summed E-state index contributed by atoms with van der Waals surface area (Å²) < 4.78 is 0. The van der Waals surface area contributed by atoms with E-state index in [4.69, 9.17) is 0 Å². The third kappa shape index (κ3) is 4.35. The Hall–Kier alpha value is -2.71. The largest absolute Gasteiger partial charge is 0.325 e. The molecule has 0 bridgehead atoms. The van der Waals surface area contributed by atoms with E-state index in [1.54, 1.807) is 23.9 Å². The van der Waals surface area contributed by atoms with Crippen LogP contribution in [0.25, 0.3) is 0 Å². The molecule has 0 saturated carbocycles. The number of carbonyl (C=O) groups excluding carboxylic acids is 2. The monoisotopic (exact) mass is 396 g/mol. The molecule has 1 aliphatic rings. The van der Waals surface area contributed by atoms with Crippen LogP contribution in [-0.2, 0) is 11.2 Å². The van der Waals surface area contributed by atoms with Gasteiger partial charge in [0.1, 0.15) is 5.01 Å². The zero-order valence-electron chi connectivity index (χ0n) is 14.3. The average molecular weight is 396 g/mol. The second-order valence-corrected chi connectivity index (χ2v) is 8.17. The maximum atomic E-state index is 12.5. The lowest BCUT2D eigenvalue weighted by atomic mass is 10.2. The van der Waals surface area contributed by atoms with Crippen LogP contribution in [0.15, 0.2) is 53.4 Å². The van der Waals surface area contributed by atoms with Crippen molar-refractivity contribution >= 4 is 45.7 Å². The lowest BCUT2D eigenvalue weighted by Gasteiger charge is -2.08. The van der Waals surface area contributed by atoms with Crippen molar-refractivity contribution in [1.82, 2.24) is 10.2 Å². The average Bonchev–Trinajstić information content (AvgIpc) is 3.01. The van der Waals surface area contributed by atoms with E-state index in [0.29, 0.717) is 29.2 Å². The topological polar surface area (TPSA) is 84.0 Å². The summed E-state index contributed by atoms with van der Waals surface area (Å²) in [4.78, 5) is 25.2. The van der Waals surface area contributed by atoms with E-state index in [2.05, 4.69) is 20.8 Å². The van der Waals surface area contributed by atoms with Crippen molar-refractivity contribution in [2.45, 2.75) is 17.7 Å². The van der Waals surface area contributed by atoms with Crippen LogP contribution in [0.2, 0.25) is 0 Å². The summed E-state index contributed by atoms with van der Waals surface area (Å²) in [5, 5.41) is 15.1. The molecule has 0 aliphatic carbocycles. The van der Waals surface area contributed by atoms with E-state index in [0.717, 1.165) is 21.2 Å². The first-order chi connectivity index (χ1) is 13.2. The van der Waals surface area contributed by atoms with Gasteiger partial charge in [-0.05, 0) is 23.8 Å². The Bertz CT molecular complexity index is 988. The summed E-state index contributed by atoms with van der Waals surface area (Å²) in [6, 6.07) is 15.3. The normalized spacial score (nSPS) is 13.4. The second-order valence-electron chi connectivity index (χ2n) is 5.98. The standard InChI is InChI=1S/C19H16N4O2S2/c24-16-8-9-26-15-7-6-13(11-14(15)20-16)18(25)21-19-23-22-17(27-19)10-12-4-2-1-3-5-12/h1-7,11H,8-10H2,(H,20,24)(H,21,23,25). The van der Waals surface area contributed by atoms with Gasteiger partial charge in [-0.3, -0.25) is 14.9 Å². The highest BCUT2D eigenvalue weighted by atomic mass is 32.2. The molecular formula is C19H16N4O2S2.